The molecule has 0 atom stereocenters. The monoisotopic (exact) mass is 247 g/mol. The number of H-pyrrole nitrogens is 1. The van der Waals surface area contributed by atoms with E-state index in [1.165, 1.54) is 17.8 Å². The van der Waals surface area contributed by atoms with Crippen molar-refractivity contribution in [3.63, 3.8) is 0 Å². The number of aromatic amines is 1. The van der Waals surface area contributed by atoms with Crippen molar-refractivity contribution in [3.8, 4) is 0 Å². The van der Waals surface area contributed by atoms with E-state index in [4.69, 9.17) is 5.73 Å². The fourth-order valence-electron chi connectivity index (χ4n) is 1.36. The van der Waals surface area contributed by atoms with Crippen molar-refractivity contribution in [3.05, 3.63) is 46.5 Å². The smallest absolute Gasteiger partial charge is 0.251 e. The van der Waals surface area contributed by atoms with Crippen LogP contribution in [0.2, 0.25) is 0 Å². The summed E-state index contributed by atoms with van der Waals surface area (Å²) in [6, 6.07) is 8.98. The third-order valence-electron chi connectivity index (χ3n) is 2.20. The third-order valence-corrected chi connectivity index (χ3v) is 3.13. The van der Waals surface area contributed by atoms with Crippen LogP contribution in [0.1, 0.15) is 12.7 Å². The first-order valence-electron chi connectivity index (χ1n) is 5.31. The van der Waals surface area contributed by atoms with Gasteiger partial charge in [-0.1, -0.05) is 18.7 Å². The molecule has 1 aromatic carbocycles. The second-order valence-electron chi connectivity index (χ2n) is 3.55. The highest BCUT2D eigenvalue weighted by Crippen LogP contribution is 2.25. The molecule has 2 rings (SSSR count). The standard InChI is InChI=1S/C12H13N3OS/c1-2-10-14-11(16)7-12(15-10)17-9-5-3-8(13)4-6-9/h3-7H,2,13H2,1H3,(H,14,15,16). The van der Waals surface area contributed by atoms with Gasteiger partial charge < -0.3 is 10.7 Å². The zero-order valence-electron chi connectivity index (χ0n) is 9.43. The minimum atomic E-state index is -0.116. The number of aromatic nitrogens is 2. The number of rotatable bonds is 3. The maximum Gasteiger partial charge on any atom is 0.251 e. The molecular formula is C12H13N3OS. The maximum atomic E-state index is 11.4. The van der Waals surface area contributed by atoms with Crippen LogP contribution in [0.3, 0.4) is 0 Å². The molecule has 0 amide bonds. The zero-order valence-corrected chi connectivity index (χ0v) is 10.3. The Balaban J connectivity index is 2.26. The van der Waals surface area contributed by atoms with Crippen LogP contribution >= 0.6 is 11.8 Å². The fraction of sp³-hybridized carbons (Fsp3) is 0.167. The normalized spacial score (nSPS) is 10.4. The average molecular weight is 247 g/mol. The molecule has 0 aliphatic carbocycles. The van der Waals surface area contributed by atoms with Gasteiger partial charge in [0.25, 0.3) is 5.56 Å². The molecule has 0 aliphatic heterocycles. The summed E-state index contributed by atoms with van der Waals surface area (Å²) < 4.78 is 0. The highest BCUT2D eigenvalue weighted by Gasteiger charge is 2.02. The molecule has 2 aromatic rings. The van der Waals surface area contributed by atoms with E-state index in [1.54, 1.807) is 0 Å². The molecule has 0 spiro atoms. The van der Waals surface area contributed by atoms with Gasteiger partial charge in [-0.2, -0.15) is 0 Å². The van der Waals surface area contributed by atoms with E-state index in [0.717, 1.165) is 10.6 Å². The van der Waals surface area contributed by atoms with Gasteiger partial charge in [-0.15, -0.1) is 0 Å². The molecule has 88 valence electrons. The first kappa shape index (κ1) is 11.7. The van der Waals surface area contributed by atoms with Gasteiger partial charge in [0.2, 0.25) is 0 Å². The molecule has 3 N–H and O–H groups in total. The Morgan fingerprint density at radius 1 is 1.35 bits per heavy atom. The highest BCUT2D eigenvalue weighted by atomic mass is 32.2. The Bertz CT molecular complexity index is 563. The Hall–Kier alpha value is -1.75. The molecule has 4 nitrogen and oxygen atoms in total. The Morgan fingerprint density at radius 2 is 2.06 bits per heavy atom. The first-order chi connectivity index (χ1) is 8.17. The van der Waals surface area contributed by atoms with Gasteiger partial charge in [0.1, 0.15) is 10.9 Å². The molecule has 1 aromatic heterocycles. The van der Waals surface area contributed by atoms with Crippen LogP contribution in [0.4, 0.5) is 5.69 Å². The van der Waals surface area contributed by atoms with Crippen molar-refractivity contribution in [1.82, 2.24) is 9.97 Å². The predicted molar refractivity (Wildman–Crippen MR) is 69.2 cm³/mol. The maximum absolute atomic E-state index is 11.4. The van der Waals surface area contributed by atoms with E-state index >= 15 is 0 Å². The van der Waals surface area contributed by atoms with Crippen molar-refractivity contribution < 1.29 is 0 Å². The quantitative estimate of drug-likeness (QED) is 0.643. The highest BCUT2D eigenvalue weighted by molar-refractivity contribution is 7.99. The van der Waals surface area contributed by atoms with Crippen LogP contribution in [0.5, 0.6) is 0 Å². The molecule has 0 radical (unpaired) electrons. The number of nitrogen functional groups attached to an aromatic ring is 1. The van der Waals surface area contributed by atoms with E-state index in [2.05, 4.69) is 9.97 Å². The lowest BCUT2D eigenvalue weighted by Gasteiger charge is -2.02. The molecule has 1 heterocycles. The van der Waals surface area contributed by atoms with Crippen LogP contribution in [0.25, 0.3) is 0 Å². The van der Waals surface area contributed by atoms with Crippen molar-refractivity contribution in [2.45, 2.75) is 23.3 Å². The van der Waals surface area contributed by atoms with Gasteiger partial charge in [0, 0.05) is 23.1 Å². The van der Waals surface area contributed by atoms with Crippen LogP contribution in [0.15, 0.2) is 45.0 Å². The number of hydrogen-bond donors (Lipinski definition) is 2. The summed E-state index contributed by atoms with van der Waals surface area (Å²) in [6.45, 7) is 1.95. The summed E-state index contributed by atoms with van der Waals surface area (Å²) in [5.41, 5.74) is 6.22. The third kappa shape index (κ3) is 3.10. The van der Waals surface area contributed by atoms with Gasteiger partial charge in [-0.3, -0.25) is 4.79 Å². The van der Waals surface area contributed by atoms with E-state index in [0.29, 0.717) is 17.3 Å². The molecule has 0 fully saturated rings. The molecular weight excluding hydrogens is 234 g/mol. The molecule has 0 saturated heterocycles. The predicted octanol–water partition coefficient (Wildman–Crippen LogP) is 2.07. The number of nitrogens with one attached hydrogen (secondary N) is 1. The summed E-state index contributed by atoms with van der Waals surface area (Å²) >= 11 is 1.45. The van der Waals surface area contributed by atoms with E-state index in [-0.39, 0.29) is 5.56 Å². The van der Waals surface area contributed by atoms with E-state index in [1.807, 2.05) is 31.2 Å². The number of anilines is 1. The van der Waals surface area contributed by atoms with Crippen LogP contribution < -0.4 is 11.3 Å². The van der Waals surface area contributed by atoms with E-state index < -0.39 is 0 Å². The summed E-state index contributed by atoms with van der Waals surface area (Å²) in [5.74, 6) is 0.704. The molecule has 5 heteroatoms. The van der Waals surface area contributed by atoms with Gasteiger partial charge in [-0.25, -0.2) is 4.98 Å². The number of aryl methyl sites for hydroxylation is 1. The van der Waals surface area contributed by atoms with Crippen LogP contribution in [-0.2, 0) is 6.42 Å². The molecule has 0 aliphatic rings. The fourth-order valence-corrected chi connectivity index (χ4v) is 2.20. The lowest BCUT2D eigenvalue weighted by Crippen LogP contribution is -2.09. The van der Waals surface area contributed by atoms with E-state index in [9.17, 15) is 4.79 Å². The van der Waals surface area contributed by atoms with Crippen LogP contribution in [-0.4, -0.2) is 9.97 Å². The topological polar surface area (TPSA) is 71.8 Å². The first-order valence-corrected chi connectivity index (χ1v) is 6.12. The molecule has 17 heavy (non-hydrogen) atoms. The summed E-state index contributed by atoms with van der Waals surface area (Å²) in [6.07, 6.45) is 0.714. The van der Waals surface area contributed by atoms with Crippen molar-refractivity contribution in [2.75, 3.05) is 5.73 Å². The lowest BCUT2D eigenvalue weighted by atomic mass is 10.3. The number of hydrogen-bond acceptors (Lipinski definition) is 4. The molecule has 0 saturated carbocycles. The number of nitrogens with two attached hydrogens (primary N) is 1. The number of nitrogens with zero attached hydrogens (tertiary/aromatic N) is 1. The van der Waals surface area contributed by atoms with Gasteiger partial charge in [0.15, 0.2) is 0 Å². The van der Waals surface area contributed by atoms with Crippen molar-refractivity contribution >= 4 is 17.4 Å². The molecule has 0 bridgehead atoms. The average Bonchev–Trinajstić information content (AvgIpc) is 2.31. The second-order valence-corrected chi connectivity index (χ2v) is 4.65. The largest absolute Gasteiger partial charge is 0.399 e. The summed E-state index contributed by atoms with van der Waals surface area (Å²) in [4.78, 5) is 19.4. The molecule has 0 unspecified atom stereocenters. The SMILES string of the molecule is CCc1nc(Sc2ccc(N)cc2)cc(=O)[nH]1. The van der Waals surface area contributed by atoms with Gasteiger partial charge in [-0.05, 0) is 24.3 Å². The van der Waals surface area contributed by atoms with Crippen molar-refractivity contribution in [2.24, 2.45) is 0 Å². The van der Waals surface area contributed by atoms with Crippen LogP contribution in [0, 0.1) is 0 Å². The Morgan fingerprint density at radius 3 is 2.71 bits per heavy atom. The number of benzene rings is 1. The Kier molecular flexibility index (Phi) is 3.49. The van der Waals surface area contributed by atoms with Gasteiger partial charge >= 0.3 is 0 Å². The summed E-state index contributed by atoms with van der Waals surface area (Å²) in [5, 5.41) is 0.704. The van der Waals surface area contributed by atoms with Crippen molar-refractivity contribution in [1.29, 1.82) is 0 Å². The van der Waals surface area contributed by atoms with Gasteiger partial charge in [0.05, 0.1) is 0 Å². The lowest BCUT2D eigenvalue weighted by molar-refractivity contribution is 0.870. The zero-order chi connectivity index (χ0) is 12.3. The summed E-state index contributed by atoms with van der Waals surface area (Å²) in [7, 11) is 0. The second kappa shape index (κ2) is 5.05. The minimum Gasteiger partial charge on any atom is -0.399 e. The Labute approximate surface area is 103 Å². The minimum absolute atomic E-state index is 0.116.